The van der Waals surface area contributed by atoms with Gasteiger partial charge in [0.2, 0.25) is 0 Å². The van der Waals surface area contributed by atoms with Crippen LogP contribution in [-0.4, -0.2) is 35.4 Å². The van der Waals surface area contributed by atoms with Gasteiger partial charge in [-0.15, -0.1) is 0 Å². The molecule has 0 aromatic heterocycles. The number of alkyl carbamates (subject to hydrolysis) is 1. The van der Waals surface area contributed by atoms with Gasteiger partial charge in [0, 0.05) is 6.54 Å². The Balaban J connectivity index is 1.41. The van der Waals surface area contributed by atoms with Gasteiger partial charge >= 0.3 is 12.1 Å². The standard InChI is InChI=1S/C25H31N3O4S/c1-25(2,3)32-24(30)28-23(33)27-13-7-12-20(26)22(29)31-15-18-10-6-9-17-14-16-8-4-5-11-19(16)21(17)18/h4-6,8-11,20H,7,12-15,26H2,1-3H3,(H2,27,28,30,33). The maximum atomic E-state index is 12.4. The van der Waals surface area contributed by atoms with Crippen LogP contribution in [0.3, 0.4) is 0 Å². The van der Waals surface area contributed by atoms with Gasteiger partial charge in [0.05, 0.1) is 0 Å². The van der Waals surface area contributed by atoms with E-state index < -0.39 is 23.7 Å². The van der Waals surface area contributed by atoms with Crippen LogP contribution < -0.4 is 16.4 Å². The van der Waals surface area contributed by atoms with E-state index in [0.717, 1.165) is 17.5 Å². The maximum Gasteiger partial charge on any atom is 0.413 e. The topological polar surface area (TPSA) is 103 Å². The van der Waals surface area contributed by atoms with Gasteiger partial charge in [0.25, 0.3) is 0 Å². The highest BCUT2D eigenvalue weighted by atomic mass is 32.1. The molecule has 1 aliphatic carbocycles. The second-order valence-corrected chi connectivity index (χ2v) is 9.43. The third-order valence-corrected chi connectivity index (χ3v) is 5.42. The molecule has 176 valence electrons. The molecule has 3 rings (SSSR count). The number of esters is 1. The molecule has 1 atom stereocenters. The number of nitrogens with one attached hydrogen (secondary N) is 2. The second-order valence-electron chi connectivity index (χ2n) is 9.02. The fraction of sp³-hybridized carbons (Fsp3) is 0.400. The highest BCUT2D eigenvalue weighted by Gasteiger charge is 2.22. The molecule has 1 amide bonds. The van der Waals surface area contributed by atoms with Crippen LogP contribution in [-0.2, 0) is 27.3 Å². The first-order valence-electron chi connectivity index (χ1n) is 11.0. The first kappa shape index (κ1) is 24.7. The number of carbonyl (C=O) groups excluding carboxylic acids is 2. The summed E-state index contributed by atoms with van der Waals surface area (Å²) in [5.41, 5.74) is 11.3. The van der Waals surface area contributed by atoms with Crippen molar-refractivity contribution in [3.63, 3.8) is 0 Å². The summed E-state index contributed by atoms with van der Waals surface area (Å²) < 4.78 is 10.7. The Bertz CT molecular complexity index is 1030. The number of hydrogen-bond acceptors (Lipinski definition) is 6. The number of ether oxygens (including phenoxy) is 2. The van der Waals surface area contributed by atoms with Crippen molar-refractivity contribution in [1.82, 2.24) is 10.6 Å². The fourth-order valence-corrected chi connectivity index (χ4v) is 3.91. The van der Waals surface area contributed by atoms with E-state index in [-0.39, 0.29) is 11.7 Å². The first-order valence-corrected chi connectivity index (χ1v) is 11.4. The van der Waals surface area contributed by atoms with Crippen molar-refractivity contribution in [2.24, 2.45) is 5.73 Å². The van der Waals surface area contributed by atoms with Crippen LogP contribution in [0.25, 0.3) is 11.1 Å². The third kappa shape index (κ3) is 7.00. The summed E-state index contributed by atoms with van der Waals surface area (Å²) in [7, 11) is 0. The van der Waals surface area contributed by atoms with Crippen LogP contribution in [0.15, 0.2) is 42.5 Å². The molecule has 33 heavy (non-hydrogen) atoms. The molecule has 2 aromatic carbocycles. The van der Waals surface area contributed by atoms with Crippen LogP contribution in [0.5, 0.6) is 0 Å². The number of amides is 1. The highest BCUT2D eigenvalue weighted by molar-refractivity contribution is 7.80. The monoisotopic (exact) mass is 469 g/mol. The molecular formula is C25H31N3O4S. The lowest BCUT2D eigenvalue weighted by Gasteiger charge is -2.20. The number of rotatable bonds is 7. The molecule has 0 saturated carbocycles. The van der Waals surface area contributed by atoms with E-state index in [9.17, 15) is 9.59 Å². The summed E-state index contributed by atoms with van der Waals surface area (Å²) >= 11 is 5.07. The predicted octanol–water partition coefficient (Wildman–Crippen LogP) is 3.81. The Hall–Kier alpha value is -2.97. The first-order chi connectivity index (χ1) is 15.6. The van der Waals surface area contributed by atoms with Gasteiger partial charge in [-0.3, -0.25) is 10.1 Å². The molecule has 0 bridgehead atoms. The van der Waals surface area contributed by atoms with Gasteiger partial charge in [0.15, 0.2) is 5.11 Å². The van der Waals surface area contributed by atoms with Crippen molar-refractivity contribution in [2.75, 3.05) is 6.54 Å². The van der Waals surface area contributed by atoms with Gasteiger partial charge in [-0.05, 0) is 80.1 Å². The minimum atomic E-state index is -0.733. The summed E-state index contributed by atoms with van der Waals surface area (Å²) in [6.07, 6.45) is 1.29. The normalized spacial score (nSPS) is 12.8. The number of hydrogen-bond donors (Lipinski definition) is 3. The zero-order valence-electron chi connectivity index (χ0n) is 19.3. The second kappa shape index (κ2) is 10.8. The molecule has 8 heteroatoms. The smallest absolute Gasteiger partial charge is 0.413 e. The van der Waals surface area contributed by atoms with Crippen molar-refractivity contribution < 1.29 is 19.1 Å². The largest absolute Gasteiger partial charge is 0.460 e. The molecule has 4 N–H and O–H groups in total. The molecule has 0 saturated heterocycles. The van der Waals surface area contributed by atoms with E-state index >= 15 is 0 Å². The molecule has 2 aromatic rings. The molecule has 0 fully saturated rings. The van der Waals surface area contributed by atoms with E-state index in [4.69, 9.17) is 27.4 Å². The molecule has 1 aliphatic rings. The zero-order chi connectivity index (χ0) is 24.0. The van der Waals surface area contributed by atoms with Crippen LogP contribution in [0.1, 0.15) is 50.3 Å². The number of fused-ring (bicyclic) bond motifs is 3. The molecule has 0 heterocycles. The zero-order valence-corrected chi connectivity index (χ0v) is 20.1. The summed E-state index contributed by atoms with van der Waals surface area (Å²) in [6, 6.07) is 13.7. The van der Waals surface area contributed by atoms with Gasteiger partial charge in [-0.2, -0.15) is 0 Å². The number of thiocarbonyl (C=S) groups is 1. The third-order valence-electron chi connectivity index (χ3n) is 5.17. The summed E-state index contributed by atoms with van der Waals surface area (Å²) in [4.78, 5) is 24.1. The average Bonchev–Trinajstić information content (AvgIpc) is 3.12. The molecule has 0 spiro atoms. The van der Waals surface area contributed by atoms with Gasteiger partial charge in [0.1, 0.15) is 18.2 Å². The lowest BCUT2D eigenvalue weighted by atomic mass is 10.00. The number of carbonyl (C=O) groups is 2. The van der Waals surface area contributed by atoms with E-state index in [1.165, 1.54) is 16.7 Å². The molecule has 0 radical (unpaired) electrons. The van der Waals surface area contributed by atoms with Crippen LogP contribution in [0.4, 0.5) is 4.79 Å². The minimum Gasteiger partial charge on any atom is -0.460 e. The van der Waals surface area contributed by atoms with Crippen molar-refractivity contribution in [1.29, 1.82) is 0 Å². The van der Waals surface area contributed by atoms with E-state index in [2.05, 4.69) is 28.8 Å². The van der Waals surface area contributed by atoms with E-state index in [1.807, 2.05) is 24.3 Å². The van der Waals surface area contributed by atoms with Crippen molar-refractivity contribution >= 4 is 29.4 Å². The Kier molecular flexibility index (Phi) is 8.05. The highest BCUT2D eigenvalue weighted by Crippen LogP contribution is 2.38. The van der Waals surface area contributed by atoms with Crippen LogP contribution in [0.2, 0.25) is 0 Å². The van der Waals surface area contributed by atoms with Gasteiger partial charge in [-0.25, -0.2) is 4.79 Å². The summed E-state index contributed by atoms with van der Waals surface area (Å²) in [5, 5.41) is 5.52. The summed E-state index contributed by atoms with van der Waals surface area (Å²) in [6.45, 7) is 5.96. The van der Waals surface area contributed by atoms with Crippen LogP contribution in [0, 0.1) is 0 Å². The number of benzene rings is 2. The fourth-order valence-electron chi connectivity index (χ4n) is 3.73. The predicted molar refractivity (Wildman–Crippen MR) is 132 cm³/mol. The Labute approximate surface area is 200 Å². The summed E-state index contributed by atoms with van der Waals surface area (Å²) in [5.74, 6) is -0.437. The Morgan fingerprint density at radius 1 is 1.12 bits per heavy atom. The van der Waals surface area contributed by atoms with Crippen LogP contribution >= 0.6 is 12.2 Å². The van der Waals surface area contributed by atoms with Crippen molar-refractivity contribution in [3.05, 3.63) is 59.2 Å². The van der Waals surface area contributed by atoms with E-state index in [1.54, 1.807) is 20.8 Å². The average molecular weight is 470 g/mol. The molecule has 1 unspecified atom stereocenters. The quantitative estimate of drug-likeness (QED) is 0.275. The Morgan fingerprint density at radius 3 is 2.61 bits per heavy atom. The van der Waals surface area contributed by atoms with Crippen molar-refractivity contribution in [2.45, 2.75) is 58.3 Å². The van der Waals surface area contributed by atoms with E-state index in [0.29, 0.717) is 19.4 Å². The number of nitrogens with two attached hydrogens (primary N) is 1. The minimum absolute atomic E-state index is 0.165. The molecule has 7 nitrogen and oxygen atoms in total. The Morgan fingerprint density at radius 2 is 1.85 bits per heavy atom. The lowest BCUT2D eigenvalue weighted by molar-refractivity contribution is -0.146. The van der Waals surface area contributed by atoms with Gasteiger partial charge < -0.3 is 20.5 Å². The molecular weight excluding hydrogens is 438 g/mol. The SMILES string of the molecule is CC(C)(C)OC(=O)NC(=S)NCCCC(N)C(=O)OCc1cccc2c1-c1ccccc1C2. The van der Waals surface area contributed by atoms with Crippen molar-refractivity contribution in [3.8, 4) is 11.1 Å². The maximum absolute atomic E-state index is 12.4. The molecule has 0 aliphatic heterocycles. The van der Waals surface area contributed by atoms with Gasteiger partial charge in [-0.1, -0.05) is 42.5 Å². The lowest BCUT2D eigenvalue weighted by Crippen LogP contribution is -2.42.